The summed E-state index contributed by atoms with van der Waals surface area (Å²) in [5, 5.41) is 33.6. The van der Waals surface area contributed by atoms with E-state index in [0.717, 1.165) is 43.5 Å². The van der Waals surface area contributed by atoms with E-state index in [1.54, 1.807) is 0 Å². The van der Waals surface area contributed by atoms with E-state index in [0.29, 0.717) is 16.9 Å². The predicted octanol–water partition coefficient (Wildman–Crippen LogP) is 4.59. The lowest BCUT2D eigenvalue weighted by molar-refractivity contribution is -0.137. The average molecular weight is 461 g/mol. The van der Waals surface area contributed by atoms with Gasteiger partial charge in [-0.25, -0.2) is 0 Å². The second kappa shape index (κ2) is 9.15. The Morgan fingerprint density at radius 3 is 2.58 bits per heavy atom. The normalized spacial score (nSPS) is 18.4. The molecule has 2 aromatic carbocycles. The van der Waals surface area contributed by atoms with Crippen LogP contribution in [-0.4, -0.2) is 57.1 Å². The number of piperidine rings is 1. The molecule has 176 valence electrons. The zero-order chi connectivity index (χ0) is 23.8. The highest BCUT2D eigenvalue weighted by Gasteiger charge is 2.32. The smallest absolute Gasteiger partial charge is 0.416 e. The van der Waals surface area contributed by atoms with Gasteiger partial charge in [0.05, 0.1) is 12.2 Å². The molecule has 2 heterocycles. The molecule has 0 aliphatic carbocycles. The third kappa shape index (κ3) is 4.74. The molecule has 33 heavy (non-hydrogen) atoms. The van der Waals surface area contributed by atoms with Gasteiger partial charge >= 0.3 is 6.18 Å². The van der Waals surface area contributed by atoms with Crippen molar-refractivity contribution >= 4 is 16.6 Å². The Labute approximate surface area is 190 Å². The lowest BCUT2D eigenvalue weighted by Gasteiger charge is -2.36. The molecule has 1 fully saturated rings. The van der Waals surface area contributed by atoms with Crippen LogP contribution in [0, 0.1) is 6.92 Å². The van der Waals surface area contributed by atoms with Crippen molar-refractivity contribution in [2.75, 3.05) is 25.0 Å². The molecule has 3 aromatic rings. The summed E-state index contributed by atoms with van der Waals surface area (Å²) >= 11 is 0. The summed E-state index contributed by atoms with van der Waals surface area (Å²) < 4.78 is 39.4. The molecule has 1 saturated heterocycles. The van der Waals surface area contributed by atoms with Crippen molar-refractivity contribution in [3.63, 3.8) is 0 Å². The molecule has 3 N–H and O–H groups in total. The van der Waals surface area contributed by atoms with Crippen LogP contribution in [0.1, 0.15) is 30.9 Å². The van der Waals surface area contributed by atoms with E-state index in [1.807, 2.05) is 31.2 Å². The third-order valence-corrected chi connectivity index (χ3v) is 6.25. The molecular weight excluding hydrogens is 433 g/mol. The van der Waals surface area contributed by atoms with Crippen LogP contribution in [0.15, 0.2) is 36.4 Å². The number of aromatic nitrogens is 2. The van der Waals surface area contributed by atoms with Gasteiger partial charge in [-0.1, -0.05) is 24.3 Å². The minimum atomic E-state index is -4.55. The molecule has 2 atom stereocenters. The number of halogens is 3. The van der Waals surface area contributed by atoms with E-state index in [2.05, 4.69) is 20.4 Å². The fraction of sp³-hybridized carbons (Fsp3) is 0.417. The predicted molar refractivity (Wildman–Crippen MR) is 121 cm³/mol. The molecule has 1 aliphatic rings. The summed E-state index contributed by atoms with van der Waals surface area (Å²) in [5.41, 5.74) is -0.0722. The van der Waals surface area contributed by atoms with Crippen molar-refractivity contribution in [1.29, 1.82) is 0 Å². The van der Waals surface area contributed by atoms with Crippen molar-refractivity contribution in [3.05, 3.63) is 47.5 Å². The Morgan fingerprint density at radius 2 is 1.91 bits per heavy atom. The Kier molecular flexibility index (Phi) is 6.45. The number of hydrogen-bond donors (Lipinski definition) is 3. The quantitative estimate of drug-likeness (QED) is 0.517. The summed E-state index contributed by atoms with van der Waals surface area (Å²) in [6.45, 7) is 5.30. The van der Waals surface area contributed by atoms with Crippen LogP contribution >= 0.6 is 0 Å². The van der Waals surface area contributed by atoms with Gasteiger partial charge in [0.15, 0.2) is 5.82 Å². The van der Waals surface area contributed by atoms with Crippen LogP contribution in [0.4, 0.5) is 19.0 Å². The molecule has 0 amide bonds. The van der Waals surface area contributed by atoms with Crippen LogP contribution in [0.3, 0.4) is 0 Å². The SMILES string of the molecule is Cc1cc(C(F)(F)F)cc(O)c1-c1nnc(NC2CCCN(C(C)CO)C2)c2ccccc12. The van der Waals surface area contributed by atoms with E-state index in [4.69, 9.17) is 0 Å². The van der Waals surface area contributed by atoms with Gasteiger partial charge in [0, 0.05) is 35.0 Å². The van der Waals surface area contributed by atoms with E-state index in [1.165, 1.54) is 6.92 Å². The van der Waals surface area contributed by atoms with Crippen molar-refractivity contribution in [2.24, 2.45) is 0 Å². The van der Waals surface area contributed by atoms with Crippen LogP contribution in [0.5, 0.6) is 5.75 Å². The first-order valence-corrected chi connectivity index (χ1v) is 11.0. The van der Waals surface area contributed by atoms with E-state index >= 15 is 0 Å². The number of aromatic hydroxyl groups is 1. The first kappa shape index (κ1) is 23.3. The third-order valence-electron chi connectivity index (χ3n) is 6.25. The van der Waals surface area contributed by atoms with E-state index in [9.17, 15) is 23.4 Å². The first-order valence-electron chi connectivity index (χ1n) is 11.0. The molecular formula is C24H27F3N4O2. The van der Waals surface area contributed by atoms with Gasteiger partial charge in [0.25, 0.3) is 0 Å². The van der Waals surface area contributed by atoms with Gasteiger partial charge in [-0.3, -0.25) is 4.90 Å². The number of aryl methyl sites for hydroxylation is 1. The van der Waals surface area contributed by atoms with Gasteiger partial charge in [-0.05, 0) is 50.9 Å². The van der Waals surface area contributed by atoms with Gasteiger partial charge in [-0.15, -0.1) is 10.2 Å². The number of fused-ring (bicyclic) bond motifs is 1. The number of nitrogens with zero attached hydrogens (tertiary/aromatic N) is 3. The minimum absolute atomic E-state index is 0.0745. The summed E-state index contributed by atoms with van der Waals surface area (Å²) in [6, 6.07) is 9.31. The minimum Gasteiger partial charge on any atom is -0.507 e. The lowest BCUT2D eigenvalue weighted by atomic mass is 9.97. The number of alkyl halides is 3. The second-order valence-corrected chi connectivity index (χ2v) is 8.64. The first-order chi connectivity index (χ1) is 15.7. The second-order valence-electron chi connectivity index (χ2n) is 8.64. The number of hydrogen-bond acceptors (Lipinski definition) is 6. The summed E-state index contributed by atoms with van der Waals surface area (Å²) in [5.74, 6) is 0.102. The number of benzene rings is 2. The number of nitrogens with one attached hydrogen (secondary N) is 1. The highest BCUT2D eigenvalue weighted by atomic mass is 19.4. The van der Waals surface area contributed by atoms with Crippen molar-refractivity contribution in [3.8, 4) is 17.0 Å². The Morgan fingerprint density at radius 1 is 1.18 bits per heavy atom. The molecule has 0 bridgehead atoms. The Bertz CT molecular complexity index is 1130. The van der Waals surface area contributed by atoms with Gasteiger partial charge in [0.2, 0.25) is 0 Å². The average Bonchev–Trinajstić information content (AvgIpc) is 2.79. The number of aliphatic hydroxyl groups excluding tert-OH is 1. The fourth-order valence-corrected chi connectivity index (χ4v) is 4.47. The molecule has 0 radical (unpaired) electrons. The fourth-order valence-electron chi connectivity index (χ4n) is 4.47. The van der Waals surface area contributed by atoms with E-state index in [-0.39, 0.29) is 29.8 Å². The van der Waals surface area contributed by atoms with Crippen LogP contribution in [0.25, 0.3) is 22.0 Å². The molecule has 0 spiro atoms. The van der Waals surface area contributed by atoms with Gasteiger partial charge in [-0.2, -0.15) is 13.2 Å². The highest BCUT2D eigenvalue weighted by Crippen LogP contribution is 2.41. The van der Waals surface area contributed by atoms with Crippen LogP contribution in [0.2, 0.25) is 0 Å². The van der Waals surface area contributed by atoms with Crippen molar-refractivity contribution < 1.29 is 23.4 Å². The maximum Gasteiger partial charge on any atom is 0.416 e. The number of likely N-dealkylation sites (tertiary alicyclic amines) is 1. The molecule has 4 rings (SSSR count). The topological polar surface area (TPSA) is 81.5 Å². The standard InChI is InChI=1S/C24H27F3N4O2/c1-14-10-16(24(25,26)27)11-20(33)21(14)22-18-7-3-4-8-19(18)23(30-29-22)28-17-6-5-9-31(12-17)15(2)13-32/h3-4,7-8,10-11,15,17,32-33H,5-6,9,12-13H2,1-2H3,(H,28,30). The van der Waals surface area contributed by atoms with Gasteiger partial charge < -0.3 is 15.5 Å². The number of phenolic OH excluding ortho intramolecular Hbond substituents is 1. The maximum absolute atomic E-state index is 13.1. The van der Waals surface area contributed by atoms with E-state index < -0.39 is 17.5 Å². The maximum atomic E-state index is 13.1. The largest absolute Gasteiger partial charge is 0.507 e. The number of aliphatic hydroxyl groups is 1. The summed E-state index contributed by atoms with van der Waals surface area (Å²) in [6.07, 6.45) is -2.61. The zero-order valence-corrected chi connectivity index (χ0v) is 18.5. The van der Waals surface area contributed by atoms with Crippen LogP contribution in [-0.2, 0) is 6.18 Å². The zero-order valence-electron chi connectivity index (χ0n) is 18.5. The molecule has 9 heteroatoms. The molecule has 1 aliphatic heterocycles. The summed E-state index contributed by atoms with van der Waals surface area (Å²) in [4.78, 5) is 2.23. The van der Waals surface area contributed by atoms with Crippen molar-refractivity contribution in [1.82, 2.24) is 15.1 Å². The van der Waals surface area contributed by atoms with Crippen LogP contribution < -0.4 is 5.32 Å². The number of rotatable bonds is 5. The molecule has 2 unspecified atom stereocenters. The number of anilines is 1. The van der Waals surface area contributed by atoms with Crippen molar-refractivity contribution in [2.45, 2.75) is 44.9 Å². The molecule has 1 aromatic heterocycles. The molecule has 0 saturated carbocycles. The molecule has 6 nitrogen and oxygen atoms in total. The highest BCUT2D eigenvalue weighted by molar-refractivity contribution is 6.01. The monoisotopic (exact) mass is 460 g/mol. The number of phenols is 1. The Balaban J connectivity index is 1.71. The van der Waals surface area contributed by atoms with Gasteiger partial charge in [0.1, 0.15) is 11.4 Å². The summed E-state index contributed by atoms with van der Waals surface area (Å²) in [7, 11) is 0. The lowest BCUT2D eigenvalue weighted by Crippen LogP contribution is -2.47. The Hall–Kier alpha value is -2.91.